The lowest BCUT2D eigenvalue weighted by molar-refractivity contribution is 0.101. The predicted octanol–water partition coefficient (Wildman–Crippen LogP) is 3.73. The van der Waals surface area contributed by atoms with Crippen molar-refractivity contribution in [3.63, 3.8) is 0 Å². The largest absolute Gasteiger partial charge is 0.367 e. The molecule has 0 aromatic heterocycles. The van der Waals surface area contributed by atoms with Crippen molar-refractivity contribution in [2.45, 2.75) is 39.0 Å². The SMILES string of the molecule is CC(=O)c1ccc(N2CCN(CC3CCCCC3)CC2)c(F)c1. The molecule has 1 saturated heterocycles. The molecule has 3 nitrogen and oxygen atoms in total. The van der Waals surface area contributed by atoms with Crippen LogP contribution in [0.5, 0.6) is 0 Å². The standard InChI is InChI=1S/C19H27FN2O/c1-15(23)17-7-8-19(18(20)13-17)22-11-9-21(10-12-22)14-16-5-3-2-4-6-16/h7-8,13,16H,2-6,9-12,14H2,1H3. The molecule has 2 fully saturated rings. The highest BCUT2D eigenvalue weighted by molar-refractivity contribution is 5.94. The Hall–Kier alpha value is -1.42. The minimum Gasteiger partial charge on any atom is -0.367 e. The zero-order chi connectivity index (χ0) is 16.2. The lowest BCUT2D eigenvalue weighted by atomic mass is 9.89. The van der Waals surface area contributed by atoms with Crippen LogP contribution in [-0.2, 0) is 0 Å². The van der Waals surface area contributed by atoms with E-state index in [2.05, 4.69) is 9.80 Å². The molecule has 0 radical (unpaired) electrons. The van der Waals surface area contributed by atoms with E-state index in [1.807, 2.05) is 0 Å². The molecule has 1 aromatic carbocycles. The van der Waals surface area contributed by atoms with Crippen LogP contribution >= 0.6 is 0 Å². The highest BCUT2D eigenvalue weighted by atomic mass is 19.1. The van der Waals surface area contributed by atoms with Gasteiger partial charge in [0.2, 0.25) is 0 Å². The van der Waals surface area contributed by atoms with Gasteiger partial charge in [0.05, 0.1) is 5.69 Å². The number of halogens is 1. The van der Waals surface area contributed by atoms with Gasteiger partial charge in [-0.1, -0.05) is 19.3 Å². The molecule has 4 heteroatoms. The van der Waals surface area contributed by atoms with Gasteiger partial charge in [-0.15, -0.1) is 0 Å². The highest BCUT2D eigenvalue weighted by Crippen LogP contribution is 2.26. The minimum absolute atomic E-state index is 0.0900. The van der Waals surface area contributed by atoms with Crippen molar-refractivity contribution < 1.29 is 9.18 Å². The summed E-state index contributed by atoms with van der Waals surface area (Å²) in [4.78, 5) is 16.0. The summed E-state index contributed by atoms with van der Waals surface area (Å²) in [6.45, 7) is 6.42. The second-order valence-corrected chi connectivity index (χ2v) is 7.01. The van der Waals surface area contributed by atoms with E-state index in [9.17, 15) is 9.18 Å². The molecule has 1 heterocycles. The van der Waals surface area contributed by atoms with E-state index < -0.39 is 0 Å². The number of Topliss-reactive ketones (excluding diaryl/α,β-unsaturated/α-hetero) is 1. The Bertz CT molecular complexity index is 546. The van der Waals surface area contributed by atoms with Crippen molar-refractivity contribution in [2.75, 3.05) is 37.6 Å². The Morgan fingerprint density at radius 1 is 1.13 bits per heavy atom. The summed E-state index contributed by atoms with van der Waals surface area (Å²) in [7, 11) is 0. The molecule has 2 aliphatic rings. The van der Waals surface area contributed by atoms with E-state index in [0.29, 0.717) is 11.3 Å². The zero-order valence-corrected chi connectivity index (χ0v) is 14.1. The first-order valence-corrected chi connectivity index (χ1v) is 8.91. The van der Waals surface area contributed by atoms with Gasteiger partial charge in [0.15, 0.2) is 5.78 Å². The molecule has 0 atom stereocenters. The third-order valence-corrected chi connectivity index (χ3v) is 5.31. The Balaban J connectivity index is 1.55. The first-order chi connectivity index (χ1) is 11.1. The summed E-state index contributed by atoms with van der Waals surface area (Å²) in [5.41, 5.74) is 1.08. The van der Waals surface area contributed by atoms with E-state index in [-0.39, 0.29) is 11.6 Å². The van der Waals surface area contributed by atoms with Gasteiger partial charge in [0.25, 0.3) is 0 Å². The predicted molar refractivity (Wildman–Crippen MR) is 91.6 cm³/mol. The van der Waals surface area contributed by atoms with Crippen LogP contribution in [0.15, 0.2) is 18.2 Å². The number of hydrogen-bond donors (Lipinski definition) is 0. The molecule has 0 unspecified atom stereocenters. The van der Waals surface area contributed by atoms with Gasteiger partial charge in [-0.2, -0.15) is 0 Å². The normalized spacial score (nSPS) is 20.7. The quantitative estimate of drug-likeness (QED) is 0.790. The molecule has 3 rings (SSSR count). The molecule has 0 spiro atoms. The molecule has 1 aromatic rings. The second-order valence-electron chi connectivity index (χ2n) is 7.01. The molecule has 0 bridgehead atoms. The zero-order valence-electron chi connectivity index (χ0n) is 14.1. The van der Waals surface area contributed by atoms with Crippen LogP contribution in [0.1, 0.15) is 49.4 Å². The van der Waals surface area contributed by atoms with Crippen molar-refractivity contribution in [1.29, 1.82) is 0 Å². The fourth-order valence-corrected chi connectivity index (χ4v) is 3.89. The summed E-state index contributed by atoms with van der Waals surface area (Å²) in [6, 6.07) is 4.85. The van der Waals surface area contributed by atoms with Gasteiger partial charge in [-0.05, 0) is 43.9 Å². The molecule has 126 valence electrons. The second kappa shape index (κ2) is 7.43. The van der Waals surface area contributed by atoms with E-state index in [0.717, 1.165) is 32.1 Å². The van der Waals surface area contributed by atoms with Crippen LogP contribution in [0.4, 0.5) is 10.1 Å². The first-order valence-electron chi connectivity index (χ1n) is 8.91. The van der Waals surface area contributed by atoms with Crippen molar-refractivity contribution in [3.05, 3.63) is 29.6 Å². The number of hydrogen-bond acceptors (Lipinski definition) is 3. The number of anilines is 1. The molecule has 0 amide bonds. The van der Waals surface area contributed by atoms with E-state index in [1.165, 1.54) is 51.6 Å². The van der Waals surface area contributed by atoms with Crippen LogP contribution in [0.25, 0.3) is 0 Å². The number of rotatable bonds is 4. The number of carbonyl (C=O) groups is 1. The van der Waals surface area contributed by atoms with Crippen LogP contribution in [0, 0.1) is 11.7 Å². The molecular formula is C19H27FN2O. The summed E-state index contributed by atoms with van der Waals surface area (Å²) < 4.78 is 14.3. The van der Waals surface area contributed by atoms with E-state index in [4.69, 9.17) is 0 Å². The van der Waals surface area contributed by atoms with Crippen LogP contribution in [-0.4, -0.2) is 43.4 Å². The Morgan fingerprint density at radius 2 is 1.83 bits per heavy atom. The third kappa shape index (κ3) is 4.11. The summed E-state index contributed by atoms with van der Waals surface area (Å²) in [5.74, 6) is 0.494. The minimum atomic E-state index is -0.279. The van der Waals surface area contributed by atoms with Crippen molar-refractivity contribution >= 4 is 11.5 Å². The van der Waals surface area contributed by atoms with Gasteiger partial charge in [0.1, 0.15) is 5.82 Å². The summed E-state index contributed by atoms with van der Waals surface area (Å²) in [6.07, 6.45) is 6.93. The molecule has 1 aliphatic carbocycles. The lowest BCUT2D eigenvalue weighted by Gasteiger charge is -2.38. The van der Waals surface area contributed by atoms with Crippen molar-refractivity contribution in [3.8, 4) is 0 Å². The number of benzene rings is 1. The average molecular weight is 318 g/mol. The van der Waals surface area contributed by atoms with Gasteiger partial charge in [-0.25, -0.2) is 4.39 Å². The van der Waals surface area contributed by atoms with Crippen molar-refractivity contribution in [2.24, 2.45) is 5.92 Å². The monoisotopic (exact) mass is 318 g/mol. The maximum Gasteiger partial charge on any atom is 0.159 e. The van der Waals surface area contributed by atoms with Gasteiger partial charge < -0.3 is 4.90 Å². The third-order valence-electron chi connectivity index (χ3n) is 5.31. The highest BCUT2D eigenvalue weighted by Gasteiger charge is 2.23. The maximum absolute atomic E-state index is 14.3. The molecule has 23 heavy (non-hydrogen) atoms. The smallest absolute Gasteiger partial charge is 0.159 e. The molecular weight excluding hydrogens is 291 g/mol. The van der Waals surface area contributed by atoms with Gasteiger partial charge >= 0.3 is 0 Å². The first kappa shape index (κ1) is 16.4. The number of piperazine rings is 1. The number of ketones is 1. The number of nitrogens with zero attached hydrogens (tertiary/aromatic N) is 2. The molecule has 1 saturated carbocycles. The maximum atomic E-state index is 14.3. The fourth-order valence-electron chi connectivity index (χ4n) is 3.89. The Morgan fingerprint density at radius 3 is 2.43 bits per heavy atom. The average Bonchev–Trinajstić information content (AvgIpc) is 2.56. The topological polar surface area (TPSA) is 23.6 Å². The Labute approximate surface area is 138 Å². The van der Waals surface area contributed by atoms with Crippen LogP contribution in [0.2, 0.25) is 0 Å². The fraction of sp³-hybridized carbons (Fsp3) is 0.632. The van der Waals surface area contributed by atoms with Crippen molar-refractivity contribution in [1.82, 2.24) is 4.90 Å². The molecule has 0 N–H and O–H groups in total. The lowest BCUT2D eigenvalue weighted by Crippen LogP contribution is -2.48. The van der Waals surface area contributed by atoms with Gasteiger partial charge in [-0.3, -0.25) is 9.69 Å². The molecule has 1 aliphatic heterocycles. The van der Waals surface area contributed by atoms with E-state index in [1.54, 1.807) is 12.1 Å². The summed E-state index contributed by atoms with van der Waals surface area (Å²) in [5, 5.41) is 0. The van der Waals surface area contributed by atoms with Gasteiger partial charge in [0, 0.05) is 38.3 Å². The summed E-state index contributed by atoms with van der Waals surface area (Å²) >= 11 is 0. The van der Waals surface area contributed by atoms with E-state index >= 15 is 0 Å². The Kier molecular flexibility index (Phi) is 5.31. The van der Waals surface area contributed by atoms with Crippen LogP contribution in [0.3, 0.4) is 0 Å². The van der Waals surface area contributed by atoms with Crippen LogP contribution < -0.4 is 4.90 Å². The number of carbonyl (C=O) groups excluding carboxylic acids is 1.